The average molecular weight is 213 g/mol. The fraction of sp³-hybridized carbons (Fsp3) is 0.400. The van der Waals surface area contributed by atoms with Crippen molar-refractivity contribution in [1.82, 2.24) is 0 Å². The molecular formula is C10H15NO2S. The molecule has 0 aliphatic heterocycles. The zero-order chi connectivity index (χ0) is 10.9. The van der Waals surface area contributed by atoms with Gasteiger partial charge in [-0.05, 0) is 31.0 Å². The lowest BCUT2D eigenvalue weighted by Gasteiger charge is -2.09. The molecule has 3 nitrogen and oxygen atoms in total. The van der Waals surface area contributed by atoms with Crippen LogP contribution in [0.25, 0.3) is 0 Å². The van der Waals surface area contributed by atoms with E-state index >= 15 is 0 Å². The van der Waals surface area contributed by atoms with E-state index in [4.69, 9.17) is 5.73 Å². The van der Waals surface area contributed by atoms with Crippen LogP contribution in [0.1, 0.15) is 24.1 Å². The summed E-state index contributed by atoms with van der Waals surface area (Å²) in [5, 5.41) is 0. The van der Waals surface area contributed by atoms with Gasteiger partial charge >= 0.3 is 0 Å². The molecule has 1 aromatic rings. The molecule has 14 heavy (non-hydrogen) atoms. The topological polar surface area (TPSA) is 60.2 Å². The monoisotopic (exact) mass is 213 g/mol. The third-order valence-corrected chi connectivity index (χ3v) is 3.38. The number of nitrogens with two attached hydrogens (primary N) is 1. The zero-order valence-corrected chi connectivity index (χ0v) is 9.43. The van der Waals surface area contributed by atoms with E-state index in [2.05, 4.69) is 0 Å². The van der Waals surface area contributed by atoms with Crippen molar-refractivity contribution in [2.75, 3.05) is 6.26 Å². The van der Waals surface area contributed by atoms with Gasteiger partial charge in [-0.1, -0.05) is 12.1 Å². The smallest absolute Gasteiger partial charge is 0.175 e. The van der Waals surface area contributed by atoms with Crippen molar-refractivity contribution in [2.45, 2.75) is 24.8 Å². The maximum absolute atomic E-state index is 11.3. The largest absolute Gasteiger partial charge is 0.324 e. The van der Waals surface area contributed by atoms with Crippen molar-refractivity contribution in [3.63, 3.8) is 0 Å². The molecule has 2 N–H and O–H groups in total. The van der Waals surface area contributed by atoms with Crippen LogP contribution in [-0.4, -0.2) is 14.7 Å². The second kappa shape index (κ2) is 3.71. The highest BCUT2D eigenvalue weighted by molar-refractivity contribution is 7.90. The first-order valence-corrected chi connectivity index (χ1v) is 6.27. The summed E-state index contributed by atoms with van der Waals surface area (Å²) in [7, 11) is -3.12. The highest BCUT2D eigenvalue weighted by Gasteiger charge is 2.11. The SMILES string of the molecule is Cc1cc(C(C)N)ccc1S(C)(=O)=O. The van der Waals surface area contributed by atoms with Crippen LogP contribution in [0, 0.1) is 6.92 Å². The highest BCUT2D eigenvalue weighted by atomic mass is 32.2. The van der Waals surface area contributed by atoms with Gasteiger partial charge in [0.05, 0.1) is 4.90 Å². The Labute approximate surface area is 84.9 Å². The van der Waals surface area contributed by atoms with E-state index in [1.165, 1.54) is 6.26 Å². The van der Waals surface area contributed by atoms with Gasteiger partial charge in [-0.25, -0.2) is 8.42 Å². The number of sulfone groups is 1. The quantitative estimate of drug-likeness (QED) is 0.808. The first-order chi connectivity index (χ1) is 6.32. The van der Waals surface area contributed by atoms with Gasteiger partial charge in [-0.3, -0.25) is 0 Å². The van der Waals surface area contributed by atoms with Crippen molar-refractivity contribution in [3.8, 4) is 0 Å². The number of hydrogen-bond acceptors (Lipinski definition) is 3. The predicted molar refractivity (Wildman–Crippen MR) is 56.9 cm³/mol. The van der Waals surface area contributed by atoms with Gasteiger partial charge in [0.2, 0.25) is 0 Å². The summed E-state index contributed by atoms with van der Waals surface area (Å²) in [6, 6.07) is 5.13. The Kier molecular flexibility index (Phi) is 2.97. The van der Waals surface area contributed by atoms with E-state index in [0.29, 0.717) is 4.90 Å². The van der Waals surface area contributed by atoms with Crippen LogP contribution < -0.4 is 5.73 Å². The molecule has 1 rings (SSSR count). The Hall–Kier alpha value is -0.870. The molecule has 0 aliphatic carbocycles. The van der Waals surface area contributed by atoms with Crippen LogP contribution in [0.4, 0.5) is 0 Å². The van der Waals surface area contributed by atoms with Gasteiger partial charge in [0.15, 0.2) is 9.84 Å². The molecule has 1 aromatic carbocycles. The first-order valence-electron chi connectivity index (χ1n) is 4.38. The Bertz CT molecular complexity index is 435. The molecule has 0 fully saturated rings. The summed E-state index contributed by atoms with van der Waals surface area (Å²) >= 11 is 0. The standard InChI is InChI=1S/C10H15NO2S/c1-7-6-9(8(2)11)4-5-10(7)14(3,12)13/h4-6,8H,11H2,1-3H3. The summed E-state index contributed by atoms with van der Waals surface area (Å²) in [5.74, 6) is 0. The van der Waals surface area contributed by atoms with E-state index in [-0.39, 0.29) is 6.04 Å². The third kappa shape index (κ3) is 2.33. The minimum atomic E-state index is -3.12. The molecule has 0 bridgehead atoms. The van der Waals surface area contributed by atoms with Crippen LogP contribution in [0.15, 0.2) is 23.1 Å². The van der Waals surface area contributed by atoms with Gasteiger partial charge in [0.25, 0.3) is 0 Å². The molecule has 0 aliphatic rings. The zero-order valence-electron chi connectivity index (χ0n) is 8.61. The second-order valence-corrected chi connectivity index (χ2v) is 5.57. The number of aryl methyl sites for hydroxylation is 1. The van der Waals surface area contributed by atoms with Gasteiger partial charge in [0.1, 0.15) is 0 Å². The van der Waals surface area contributed by atoms with Gasteiger partial charge in [-0.2, -0.15) is 0 Å². The Morgan fingerprint density at radius 2 is 1.93 bits per heavy atom. The molecule has 0 amide bonds. The molecular weight excluding hydrogens is 198 g/mol. The van der Waals surface area contributed by atoms with Crippen molar-refractivity contribution in [1.29, 1.82) is 0 Å². The fourth-order valence-electron chi connectivity index (χ4n) is 1.37. The molecule has 0 aromatic heterocycles. The summed E-state index contributed by atoms with van der Waals surface area (Å²) in [6.07, 6.45) is 1.21. The van der Waals surface area contributed by atoms with Crippen LogP contribution in [0.5, 0.6) is 0 Å². The second-order valence-electron chi connectivity index (χ2n) is 3.59. The maximum atomic E-state index is 11.3. The molecule has 0 radical (unpaired) electrons. The van der Waals surface area contributed by atoms with Crippen LogP contribution in [-0.2, 0) is 9.84 Å². The highest BCUT2D eigenvalue weighted by Crippen LogP contribution is 2.19. The number of hydrogen-bond donors (Lipinski definition) is 1. The molecule has 1 unspecified atom stereocenters. The lowest BCUT2D eigenvalue weighted by molar-refractivity contribution is 0.601. The fourth-order valence-corrected chi connectivity index (χ4v) is 2.33. The van der Waals surface area contributed by atoms with E-state index in [9.17, 15) is 8.42 Å². The molecule has 4 heteroatoms. The minimum absolute atomic E-state index is 0.0673. The van der Waals surface area contributed by atoms with Gasteiger partial charge < -0.3 is 5.73 Å². The van der Waals surface area contributed by atoms with E-state index in [1.54, 1.807) is 19.1 Å². The van der Waals surface area contributed by atoms with Crippen LogP contribution >= 0.6 is 0 Å². The van der Waals surface area contributed by atoms with Crippen molar-refractivity contribution >= 4 is 9.84 Å². The molecule has 0 saturated carbocycles. The maximum Gasteiger partial charge on any atom is 0.175 e. The molecule has 78 valence electrons. The average Bonchev–Trinajstić information content (AvgIpc) is 2.01. The van der Waals surface area contributed by atoms with Gasteiger partial charge in [0, 0.05) is 12.3 Å². The minimum Gasteiger partial charge on any atom is -0.324 e. The van der Waals surface area contributed by atoms with Crippen molar-refractivity contribution < 1.29 is 8.42 Å². The van der Waals surface area contributed by atoms with Crippen molar-refractivity contribution in [2.24, 2.45) is 5.73 Å². The van der Waals surface area contributed by atoms with Crippen molar-refractivity contribution in [3.05, 3.63) is 29.3 Å². The summed E-state index contributed by atoms with van der Waals surface area (Å²) in [6.45, 7) is 3.65. The Balaban J connectivity index is 3.28. The van der Waals surface area contributed by atoms with E-state index in [0.717, 1.165) is 11.1 Å². The lowest BCUT2D eigenvalue weighted by Crippen LogP contribution is -2.07. The molecule has 1 atom stereocenters. The summed E-state index contributed by atoms with van der Waals surface area (Å²) in [4.78, 5) is 0.377. The van der Waals surface area contributed by atoms with Gasteiger partial charge in [-0.15, -0.1) is 0 Å². The Morgan fingerprint density at radius 3 is 2.29 bits per heavy atom. The van der Waals surface area contributed by atoms with E-state index < -0.39 is 9.84 Å². The normalized spacial score (nSPS) is 14.0. The van der Waals surface area contributed by atoms with E-state index in [1.807, 2.05) is 13.0 Å². The summed E-state index contributed by atoms with van der Waals surface area (Å²) in [5.41, 5.74) is 7.40. The predicted octanol–water partition coefficient (Wildman–Crippen LogP) is 1.42. The molecule has 0 saturated heterocycles. The third-order valence-electron chi connectivity index (χ3n) is 2.12. The summed E-state index contributed by atoms with van der Waals surface area (Å²) < 4.78 is 22.6. The Morgan fingerprint density at radius 1 is 1.36 bits per heavy atom. The first kappa shape index (κ1) is 11.2. The van der Waals surface area contributed by atoms with Crippen LogP contribution in [0.3, 0.4) is 0 Å². The number of rotatable bonds is 2. The molecule has 0 spiro atoms. The lowest BCUT2D eigenvalue weighted by atomic mass is 10.1. The number of benzene rings is 1. The van der Waals surface area contributed by atoms with Crippen LogP contribution in [0.2, 0.25) is 0 Å². The molecule has 0 heterocycles.